The summed E-state index contributed by atoms with van der Waals surface area (Å²) in [5, 5.41) is 4.45. The Bertz CT molecular complexity index is 1270. The number of piperazine rings is 1. The highest BCUT2D eigenvalue weighted by molar-refractivity contribution is 7.13. The molecule has 0 aliphatic carbocycles. The molecule has 1 fully saturated rings. The zero-order chi connectivity index (χ0) is 25.2. The van der Waals surface area contributed by atoms with Gasteiger partial charge in [-0.2, -0.15) is 4.37 Å². The van der Waals surface area contributed by atoms with Gasteiger partial charge in [0.2, 0.25) is 5.91 Å². The second-order valence-electron chi connectivity index (χ2n) is 9.13. The summed E-state index contributed by atoms with van der Waals surface area (Å²) in [6, 6.07) is 12.3. The maximum Gasteiger partial charge on any atom is 0.409 e. The Morgan fingerprint density at radius 3 is 2.78 bits per heavy atom. The summed E-state index contributed by atoms with van der Waals surface area (Å²) in [7, 11) is 0. The number of hydrogen-bond donors (Lipinski definition) is 1. The van der Waals surface area contributed by atoms with Crippen LogP contribution in [0.15, 0.2) is 36.4 Å². The lowest BCUT2D eigenvalue weighted by atomic mass is 10.1. The van der Waals surface area contributed by atoms with Crippen molar-refractivity contribution in [2.45, 2.75) is 32.9 Å². The van der Waals surface area contributed by atoms with Gasteiger partial charge in [-0.05, 0) is 61.1 Å². The average Bonchev–Trinajstić information content (AvgIpc) is 3.43. The zero-order valence-electron chi connectivity index (χ0n) is 20.5. The van der Waals surface area contributed by atoms with Crippen molar-refractivity contribution in [1.82, 2.24) is 14.6 Å². The summed E-state index contributed by atoms with van der Waals surface area (Å²) in [5.74, 6) is 0.997. The molecule has 1 unspecified atom stereocenters. The van der Waals surface area contributed by atoms with Crippen LogP contribution in [0.3, 0.4) is 0 Å². The molecule has 8 nitrogen and oxygen atoms in total. The third kappa shape index (κ3) is 5.00. The first-order valence-corrected chi connectivity index (χ1v) is 13.5. The molecule has 2 aliphatic rings. The van der Waals surface area contributed by atoms with Crippen LogP contribution in [0.25, 0.3) is 10.1 Å². The zero-order valence-corrected chi connectivity index (χ0v) is 22.1. The SMILES string of the molecule is CCNC(=O)OC(C)N1C(=O)Cc2cc(CCN3CCN(c4nsc5ccccc45)CC3)c(Cl)cc21. The first-order chi connectivity index (χ1) is 17.4. The van der Waals surface area contributed by atoms with E-state index >= 15 is 0 Å². The minimum absolute atomic E-state index is 0.0966. The normalized spacial score (nSPS) is 16.9. The summed E-state index contributed by atoms with van der Waals surface area (Å²) in [5.41, 5.74) is 2.68. The highest BCUT2D eigenvalue weighted by atomic mass is 35.5. The number of ether oxygens (including phenoxy) is 1. The molecule has 2 aromatic carbocycles. The lowest BCUT2D eigenvalue weighted by Gasteiger charge is -2.35. The van der Waals surface area contributed by atoms with Crippen LogP contribution in [0.2, 0.25) is 5.02 Å². The van der Waals surface area contributed by atoms with Gasteiger partial charge in [-0.3, -0.25) is 14.6 Å². The number of nitrogens with zero attached hydrogens (tertiary/aromatic N) is 4. The van der Waals surface area contributed by atoms with Crippen molar-refractivity contribution in [3.63, 3.8) is 0 Å². The van der Waals surface area contributed by atoms with Crippen molar-refractivity contribution in [1.29, 1.82) is 0 Å². The number of aromatic nitrogens is 1. The third-order valence-corrected chi connectivity index (χ3v) is 7.98. The van der Waals surface area contributed by atoms with Crippen LogP contribution in [0.1, 0.15) is 25.0 Å². The Labute approximate surface area is 219 Å². The topological polar surface area (TPSA) is 78.0 Å². The van der Waals surface area contributed by atoms with Gasteiger partial charge in [-0.1, -0.05) is 29.8 Å². The van der Waals surface area contributed by atoms with Crippen molar-refractivity contribution >= 4 is 56.7 Å². The van der Waals surface area contributed by atoms with Gasteiger partial charge in [0.25, 0.3) is 0 Å². The fourth-order valence-electron chi connectivity index (χ4n) is 4.95. The number of nitrogens with one attached hydrogen (secondary N) is 1. The molecule has 0 radical (unpaired) electrons. The van der Waals surface area contributed by atoms with E-state index in [1.165, 1.54) is 15.0 Å². The van der Waals surface area contributed by atoms with Crippen LogP contribution >= 0.6 is 23.1 Å². The molecule has 1 N–H and O–H groups in total. The van der Waals surface area contributed by atoms with E-state index in [1.54, 1.807) is 18.5 Å². The smallest absolute Gasteiger partial charge is 0.409 e. The maximum atomic E-state index is 12.7. The van der Waals surface area contributed by atoms with E-state index in [0.29, 0.717) is 11.6 Å². The Balaban J connectivity index is 1.19. The number of hydrogen-bond acceptors (Lipinski definition) is 7. The van der Waals surface area contributed by atoms with Gasteiger partial charge in [0.15, 0.2) is 6.23 Å². The third-order valence-electron chi connectivity index (χ3n) is 6.81. The number of benzene rings is 2. The quantitative estimate of drug-likeness (QED) is 0.494. The van der Waals surface area contributed by atoms with E-state index in [1.807, 2.05) is 19.1 Å². The molecule has 1 atom stereocenters. The number of carbonyl (C=O) groups is 2. The molecular weight excluding hydrogens is 498 g/mol. The predicted molar refractivity (Wildman–Crippen MR) is 144 cm³/mol. The number of rotatable bonds is 7. The monoisotopic (exact) mass is 527 g/mol. The minimum atomic E-state index is -0.710. The molecular formula is C26H30ClN5O3S. The van der Waals surface area contributed by atoms with Gasteiger partial charge in [0, 0.05) is 49.7 Å². The molecule has 0 bridgehead atoms. The average molecular weight is 528 g/mol. The first kappa shape index (κ1) is 24.8. The Morgan fingerprint density at radius 2 is 2.00 bits per heavy atom. The number of amides is 2. The Morgan fingerprint density at radius 1 is 1.22 bits per heavy atom. The lowest BCUT2D eigenvalue weighted by molar-refractivity contribution is -0.119. The summed E-state index contributed by atoms with van der Waals surface area (Å²) in [6.07, 6.45) is -0.163. The second-order valence-corrected chi connectivity index (χ2v) is 10.3. The second kappa shape index (κ2) is 10.6. The van der Waals surface area contributed by atoms with Crippen molar-refractivity contribution in [2.24, 2.45) is 0 Å². The summed E-state index contributed by atoms with van der Waals surface area (Å²) < 4.78 is 11.3. The molecule has 10 heteroatoms. The summed E-state index contributed by atoms with van der Waals surface area (Å²) in [6.45, 7) is 8.69. The van der Waals surface area contributed by atoms with E-state index in [4.69, 9.17) is 20.7 Å². The maximum absolute atomic E-state index is 12.7. The van der Waals surface area contributed by atoms with Crippen molar-refractivity contribution in [3.05, 3.63) is 52.5 Å². The molecule has 1 saturated heterocycles. The van der Waals surface area contributed by atoms with E-state index in [2.05, 4.69) is 39.4 Å². The van der Waals surface area contributed by atoms with Crippen LogP contribution < -0.4 is 15.1 Å². The van der Waals surface area contributed by atoms with Crippen molar-refractivity contribution in [3.8, 4) is 0 Å². The molecule has 0 spiro atoms. The molecule has 3 heterocycles. The van der Waals surface area contributed by atoms with Crippen LogP contribution in [0.4, 0.5) is 16.3 Å². The van der Waals surface area contributed by atoms with Crippen LogP contribution in [-0.2, 0) is 22.4 Å². The number of anilines is 2. The first-order valence-electron chi connectivity index (χ1n) is 12.3. The largest absolute Gasteiger partial charge is 0.425 e. The predicted octanol–water partition coefficient (Wildman–Crippen LogP) is 4.30. The van der Waals surface area contributed by atoms with Crippen molar-refractivity contribution < 1.29 is 14.3 Å². The number of carbonyl (C=O) groups excluding carboxylic acids is 2. The number of fused-ring (bicyclic) bond motifs is 2. The Hall–Kier alpha value is -2.88. The fraction of sp³-hybridized carbons (Fsp3) is 0.423. The minimum Gasteiger partial charge on any atom is -0.425 e. The Kier molecular flexibility index (Phi) is 7.32. The molecule has 2 amide bonds. The highest BCUT2D eigenvalue weighted by Crippen LogP contribution is 2.36. The van der Waals surface area contributed by atoms with Crippen LogP contribution in [0, 0.1) is 0 Å². The molecule has 1 aromatic heterocycles. The van der Waals surface area contributed by atoms with Crippen LogP contribution in [0.5, 0.6) is 0 Å². The molecule has 3 aromatic rings. The van der Waals surface area contributed by atoms with Crippen molar-refractivity contribution in [2.75, 3.05) is 49.1 Å². The van der Waals surface area contributed by atoms with Gasteiger partial charge in [0.1, 0.15) is 5.82 Å². The van der Waals surface area contributed by atoms with E-state index in [-0.39, 0.29) is 12.3 Å². The fourth-order valence-corrected chi connectivity index (χ4v) is 6.00. The van der Waals surface area contributed by atoms with E-state index in [9.17, 15) is 9.59 Å². The molecule has 0 saturated carbocycles. The van der Waals surface area contributed by atoms with Gasteiger partial charge < -0.3 is 15.0 Å². The lowest BCUT2D eigenvalue weighted by Crippen LogP contribution is -2.47. The van der Waals surface area contributed by atoms with E-state index < -0.39 is 12.3 Å². The standard InChI is InChI=1S/C26H30ClN5O3S/c1-3-28-26(34)35-17(2)32-22-16-21(27)18(14-19(22)15-24(32)33)8-9-30-10-12-31(13-11-30)25-20-6-4-5-7-23(20)36-29-25/h4-7,14,16-17H,3,8-13,15H2,1-2H3,(H,28,34). The van der Waals surface area contributed by atoms with Gasteiger partial charge in [-0.25, -0.2) is 4.79 Å². The summed E-state index contributed by atoms with van der Waals surface area (Å²) in [4.78, 5) is 30.9. The molecule has 2 aliphatic heterocycles. The van der Waals surface area contributed by atoms with E-state index in [0.717, 1.165) is 61.8 Å². The number of halogens is 1. The highest BCUT2D eigenvalue weighted by Gasteiger charge is 2.34. The van der Waals surface area contributed by atoms with Gasteiger partial charge in [-0.15, -0.1) is 0 Å². The van der Waals surface area contributed by atoms with Gasteiger partial charge in [0.05, 0.1) is 16.8 Å². The molecule has 5 rings (SSSR count). The summed E-state index contributed by atoms with van der Waals surface area (Å²) >= 11 is 8.21. The number of alkyl carbamates (subject to hydrolysis) is 1. The van der Waals surface area contributed by atoms with Crippen LogP contribution in [-0.4, -0.2) is 66.8 Å². The van der Waals surface area contributed by atoms with Gasteiger partial charge >= 0.3 is 6.09 Å². The molecule has 36 heavy (non-hydrogen) atoms. The molecule has 190 valence electrons.